The second-order valence-corrected chi connectivity index (χ2v) is 19.5. The van der Waals surface area contributed by atoms with Gasteiger partial charge in [-0.3, -0.25) is 47.2 Å². The molecule has 0 saturated carbocycles. The van der Waals surface area contributed by atoms with Crippen LogP contribution < -0.4 is 44.3 Å². The van der Waals surface area contributed by atoms with Crippen molar-refractivity contribution in [3.63, 3.8) is 0 Å². The van der Waals surface area contributed by atoms with E-state index in [2.05, 4.69) is 80.8 Å². The molecule has 420 valence electrons. The van der Waals surface area contributed by atoms with Crippen LogP contribution in [0.1, 0.15) is 112 Å². The summed E-state index contributed by atoms with van der Waals surface area (Å²) < 4.78 is 31.4. The normalized spacial score (nSPS) is 14.4. The smallest absolute Gasteiger partial charge is 0.441 e. The average molecular weight is 1140 g/mol. The molecule has 0 unspecified atom stereocenters. The molecule has 0 aliphatic heterocycles. The number of carbonyl (C=O) groups is 4. The topological polar surface area (TPSA) is 407 Å². The Bertz CT molecular complexity index is 4910. The summed E-state index contributed by atoms with van der Waals surface area (Å²) in [7, 11) is 0. The summed E-state index contributed by atoms with van der Waals surface area (Å²) in [6.45, 7) is 3.77. The first-order valence-electron chi connectivity index (χ1n) is 25.7. The van der Waals surface area contributed by atoms with E-state index in [9.17, 15) is 38.4 Å². The number of carbonyl (C=O) groups excluding carboxylic acids is 4. The zero-order valence-electron chi connectivity index (χ0n) is 43.7. The lowest BCUT2D eigenvalue weighted by atomic mass is 10.0. The highest BCUT2D eigenvalue weighted by Crippen LogP contribution is 2.35. The molecule has 6 N–H and O–H groups in total. The van der Waals surface area contributed by atoms with E-state index in [0.717, 1.165) is 42.2 Å². The number of fused-ring (bicyclic) bond motifs is 6. The molecule has 0 bridgehead atoms. The van der Waals surface area contributed by atoms with Crippen molar-refractivity contribution in [2.45, 2.75) is 64.7 Å². The van der Waals surface area contributed by atoms with Crippen molar-refractivity contribution in [2.75, 3.05) is 0 Å². The van der Waals surface area contributed by atoms with Crippen LogP contribution in [0.5, 0.6) is 0 Å². The Kier molecular flexibility index (Phi) is 12.8. The van der Waals surface area contributed by atoms with E-state index in [1.807, 2.05) is 24.3 Å². The number of nitrogens with zero attached hydrogens (tertiary/aromatic N) is 10. The lowest BCUT2D eigenvalue weighted by Gasteiger charge is -2.15. The summed E-state index contributed by atoms with van der Waals surface area (Å²) in [5, 5.41) is 26.0. The number of oxazole rings is 2. The van der Waals surface area contributed by atoms with Crippen LogP contribution in [0, 0.1) is 13.8 Å². The number of benzene rings is 4. The van der Waals surface area contributed by atoms with Crippen molar-refractivity contribution < 1.29 is 46.1 Å². The number of hydrogen-bond donors (Lipinski definition) is 6. The Balaban J connectivity index is 0.000000157. The van der Waals surface area contributed by atoms with Crippen molar-refractivity contribution in [1.29, 1.82) is 0 Å². The summed E-state index contributed by atoms with van der Waals surface area (Å²) in [6, 6.07) is 23.4. The van der Waals surface area contributed by atoms with Gasteiger partial charge in [0.1, 0.15) is 33.8 Å². The van der Waals surface area contributed by atoms with E-state index in [4.69, 9.17) is 17.9 Å². The molecule has 30 heteroatoms. The Morgan fingerprint density at radius 1 is 0.524 bits per heavy atom. The predicted octanol–water partition coefficient (Wildman–Crippen LogP) is 3.65. The fraction of sp³-hybridized carbons (Fsp3) is 0.185. The molecule has 0 spiro atoms. The lowest BCUT2D eigenvalue weighted by molar-refractivity contribution is 0.0918. The van der Waals surface area contributed by atoms with Crippen LogP contribution in [0.2, 0.25) is 0 Å². The molecule has 30 nitrogen and oxygen atoms in total. The van der Waals surface area contributed by atoms with Gasteiger partial charge in [0.15, 0.2) is 34.6 Å². The number of aromatic nitrogens is 12. The third kappa shape index (κ3) is 9.93. The molecule has 2 atom stereocenters. The van der Waals surface area contributed by atoms with Gasteiger partial charge in [0, 0.05) is 38.1 Å². The average Bonchev–Trinajstić information content (AvgIpc) is 4.43. The first kappa shape index (κ1) is 51.7. The van der Waals surface area contributed by atoms with Gasteiger partial charge in [0.25, 0.3) is 35.2 Å². The molecule has 0 fully saturated rings. The van der Waals surface area contributed by atoms with Gasteiger partial charge in [-0.15, -0.1) is 0 Å². The number of amides is 4. The van der Waals surface area contributed by atoms with Gasteiger partial charge >= 0.3 is 23.0 Å². The van der Waals surface area contributed by atoms with Crippen LogP contribution in [-0.4, -0.2) is 83.0 Å². The molecule has 2 aliphatic rings. The number of hydrogen-bond acceptors (Lipinski definition) is 22. The number of nitrogens with one attached hydrogen (secondary N) is 6. The Hall–Kier alpha value is -11.7. The molecule has 8 heterocycles. The molecule has 2 aliphatic carbocycles. The van der Waals surface area contributed by atoms with Gasteiger partial charge in [-0.05, 0) is 118 Å². The van der Waals surface area contributed by atoms with Gasteiger partial charge in [-0.1, -0.05) is 46.7 Å². The fourth-order valence-electron chi connectivity index (χ4n) is 10.2. The second kappa shape index (κ2) is 20.7. The summed E-state index contributed by atoms with van der Waals surface area (Å²) in [5.41, 5.74) is 8.63. The number of rotatable bonds is 12. The van der Waals surface area contributed by atoms with Gasteiger partial charge in [-0.25, -0.2) is 47.9 Å². The standard InChI is InChI=1S/2C27H20N8O7/c1-12-29-18-8-13(2-7-21(18)40-12)11-28-24(37)20-10-19(31-25-34-42-27(39)35(20)25)23(36)30-17-6-4-14-9-15(3-5-16(14)17)22-32-26(38)41-33-22;1-12-29-18-8-13(2-7-21(18)40-12)11-28-23(36)19-10-20(35-25(31-19)34-42-27(35)39)24(37)30-17-6-4-14-9-15(3-5-16(14)17)22-32-26(38)41-33-22/h2-3,5,7-10,17H,4,6,11H2,1H3,(H,28,37)(H,30,36)(H,32,33,38);2-3,5,7-10,17H,4,6,11H2,1H3,(H,28,36)(H,30,37)(H,32,33,38)/t2*17-/m00/s1. The molecule has 0 saturated heterocycles. The molecule has 8 aromatic heterocycles. The predicted molar refractivity (Wildman–Crippen MR) is 285 cm³/mol. The largest absolute Gasteiger partial charge is 0.448 e. The highest BCUT2D eigenvalue weighted by Gasteiger charge is 2.30. The van der Waals surface area contributed by atoms with Crippen LogP contribution >= 0.6 is 0 Å². The summed E-state index contributed by atoms with van der Waals surface area (Å²) in [5.74, 6) is -4.29. The molecular weight excluding hydrogens is 1100 g/mol. The number of aromatic amines is 2. The quantitative estimate of drug-likeness (QED) is 0.102. The molecule has 4 amide bonds. The molecule has 12 aromatic rings. The van der Waals surface area contributed by atoms with Crippen LogP contribution in [0.25, 0.3) is 56.5 Å². The first-order chi connectivity index (χ1) is 40.6. The maximum atomic E-state index is 13.5. The van der Waals surface area contributed by atoms with Crippen LogP contribution in [-0.2, 0) is 25.9 Å². The van der Waals surface area contributed by atoms with Gasteiger partial charge in [0.2, 0.25) is 0 Å². The van der Waals surface area contributed by atoms with Crippen molar-refractivity contribution in [3.05, 3.63) is 195 Å². The fourth-order valence-corrected chi connectivity index (χ4v) is 10.2. The van der Waals surface area contributed by atoms with E-state index < -0.39 is 46.7 Å². The number of aryl methyl sites for hydroxylation is 4. The summed E-state index contributed by atoms with van der Waals surface area (Å²) in [6.07, 6.45) is 2.54. The maximum Gasteiger partial charge on any atom is 0.448 e. The molecule has 4 aromatic carbocycles. The summed E-state index contributed by atoms with van der Waals surface area (Å²) >= 11 is 0. The highest BCUT2D eigenvalue weighted by molar-refractivity contribution is 5.99. The third-order valence-electron chi connectivity index (χ3n) is 14.1. The molecule has 84 heavy (non-hydrogen) atoms. The number of H-pyrrole nitrogens is 2. The summed E-state index contributed by atoms with van der Waals surface area (Å²) in [4.78, 5) is 122. The van der Waals surface area contributed by atoms with E-state index >= 15 is 0 Å². The Morgan fingerprint density at radius 2 is 0.988 bits per heavy atom. The SMILES string of the molecule is Cc1nc2cc(CNC(=O)c3cc(C(=O)N[C@H]4CCc5cc(-c6noc(=O)[nH]6)ccc54)n4c(=O)onc4n3)ccc2o1.Cc1nc2cc(CNC(=O)c3cc(C(=O)N[C@H]4CCc5cc(-c6noc(=O)[nH]6)ccc54)nc4noc(=O)n34)ccc2o1. The van der Waals surface area contributed by atoms with E-state index in [0.29, 0.717) is 82.4 Å². The Morgan fingerprint density at radius 3 is 1.48 bits per heavy atom. The monoisotopic (exact) mass is 1140 g/mol. The van der Waals surface area contributed by atoms with Gasteiger partial charge in [0.05, 0.1) is 12.1 Å². The van der Waals surface area contributed by atoms with Crippen molar-refractivity contribution in [3.8, 4) is 22.8 Å². The van der Waals surface area contributed by atoms with Crippen LogP contribution in [0.3, 0.4) is 0 Å². The van der Waals surface area contributed by atoms with Crippen LogP contribution in [0.15, 0.2) is 131 Å². The minimum Gasteiger partial charge on any atom is -0.441 e. The lowest BCUT2D eigenvalue weighted by Crippen LogP contribution is -2.32. The minimum absolute atomic E-state index is 0.113. The second-order valence-electron chi connectivity index (χ2n) is 19.5. The van der Waals surface area contributed by atoms with E-state index in [1.165, 1.54) is 12.1 Å². The maximum absolute atomic E-state index is 13.5. The van der Waals surface area contributed by atoms with Crippen LogP contribution in [0.4, 0.5) is 0 Å². The molecule has 14 rings (SSSR count). The van der Waals surface area contributed by atoms with Gasteiger partial charge < -0.3 is 30.1 Å². The van der Waals surface area contributed by atoms with Gasteiger partial charge in [-0.2, -0.15) is 0 Å². The molecular formula is C54H40N16O14. The van der Waals surface area contributed by atoms with E-state index in [1.54, 1.807) is 62.4 Å². The third-order valence-corrected chi connectivity index (χ3v) is 14.1. The van der Waals surface area contributed by atoms with Crippen molar-refractivity contribution >= 4 is 57.4 Å². The van der Waals surface area contributed by atoms with Crippen molar-refractivity contribution in [1.82, 2.24) is 80.6 Å². The minimum atomic E-state index is -0.914. The molecule has 0 radical (unpaired) electrons. The van der Waals surface area contributed by atoms with E-state index in [-0.39, 0.29) is 59.5 Å². The highest BCUT2D eigenvalue weighted by atomic mass is 16.5. The zero-order chi connectivity index (χ0) is 57.9. The zero-order valence-corrected chi connectivity index (χ0v) is 43.7. The Labute approximate surface area is 465 Å². The van der Waals surface area contributed by atoms with Crippen molar-refractivity contribution in [2.24, 2.45) is 0 Å². The first-order valence-corrected chi connectivity index (χ1v) is 25.7.